The van der Waals surface area contributed by atoms with Gasteiger partial charge in [-0.2, -0.15) is 18.7 Å². The summed E-state index contributed by atoms with van der Waals surface area (Å²) in [5.74, 6) is 0. The summed E-state index contributed by atoms with van der Waals surface area (Å²) in [5, 5.41) is 5.86. The zero-order chi connectivity index (χ0) is 26.9. The van der Waals surface area contributed by atoms with E-state index in [-0.39, 0.29) is 56.6 Å². The molecular weight excluding hydrogens is 553 g/mol. The monoisotopic (exact) mass is 596 g/mol. The molecule has 0 aromatic heterocycles. The smallest absolute Gasteiger partial charge is 0.506 e. The van der Waals surface area contributed by atoms with Gasteiger partial charge in [0.2, 0.25) is 0 Å². The van der Waals surface area contributed by atoms with Crippen LogP contribution in [0.2, 0.25) is 0 Å². The van der Waals surface area contributed by atoms with E-state index in [0.29, 0.717) is 0 Å². The van der Waals surface area contributed by atoms with Gasteiger partial charge in [0.25, 0.3) is 0 Å². The van der Waals surface area contributed by atoms with Crippen molar-refractivity contribution in [2.45, 2.75) is 32.6 Å². The maximum absolute atomic E-state index is 3.60. The van der Waals surface area contributed by atoms with Gasteiger partial charge >= 0.3 is 56.6 Å². The molecule has 0 saturated heterocycles. The molecule has 202 valence electrons. The van der Waals surface area contributed by atoms with Crippen LogP contribution in [0, 0.1) is 6.92 Å². The summed E-state index contributed by atoms with van der Waals surface area (Å²) in [6, 6.07) is 43.1. The van der Waals surface area contributed by atoms with E-state index in [1.54, 1.807) is 0 Å². The first-order valence-corrected chi connectivity index (χ1v) is 18.2. The Kier molecular flexibility index (Phi) is 33.8. The van der Waals surface area contributed by atoms with E-state index >= 15 is 0 Å². The molecular formula is C34H43Li3P4. The van der Waals surface area contributed by atoms with Crippen molar-refractivity contribution in [2.24, 2.45) is 0 Å². The molecule has 0 aliphatic heterocycles. The van der Waals surface area contributed by atoms with Crippen LogP contribution in [-0.2, 0) is 0 Å². The van der Waals surface area contributed by atoms with Crippen molar-refractivity contribution in [3.05, 3.63) is 128 Å². The Hall–Kier alpha value is 0.392. The first-order chi connectivity index (χ1) is 18.8. The SMILES string of the molecule is [CH2-]CCC.[Li+].[Li+].[Li+].c1ccc(PCCCPc2ccccc2)cc1.c1ccc([P-]CCC[P-]c2ccccc2)cc1. The Bertz CT molecular complexity index is 871. The molecule has 0 radical (unpaired) electrons. The number of benzene rings is 4. The minimum Gasteiger partial charge on any atom is -0.506 e. The van der Waals surface area contributed by atoms with Crippen LogP contribution in [-0.4, -0.2) is 24.6 Å². The van der Waals surface area contributed by atoms with Gasteiger partial charge in [-0.1, -0.05) is 152 Å². The largest absolute Gasteiger partial charge is 1.00 e. The Balaban J connectivity index is 0. The molecule has 0 aliphatic carbocycles. The Morgan fingerprint density at radius 3 is 1.15 bits per heavy atom. The summed E-state index contributed by atoms with van der Waals surface area (Å²) >= 11 is 0. The number of hydrogen-bond donors (Lipinski definition) is 0. The normalized spacial score (nSPS) is 10.5. The van der Waals surface area contributed by atoms with Gasteiger partial charge in [0, 0.05) is 0 Å². The standard InChI is InChI=1S/C15H18P2.C15H16P2.C4H9.3Li/c2*1-3-8-14(9-4-1)16-12-7-13-17-15-10-5-2-6-11-15;1-3-4-2;;;/h1-6,8-11,16-17H,7,12-13H2;1-6,8-11H,7,12-13H2;1,3-4H2,2H3;;;/q;-2;-1;3*+1. The van der Waals surface area contributed by atoms with Crippen LogP contribution in [0.5, 0.6) is 0 Å². The summed E-state index contributed by atoms with van der Waals surface area (Å²) in [5.41, 5.74) is 0. The van der Waals surface area contributed by atoms with Crippen molar-refractivity contribution < 1.29 is 56.6 Å². The minimum atomic E-state index is 0. The predicted molar refractivity (Wildman–Crippen MR) is 184 cm³/mol. The van der Waals surface area contributed by atoms with Gasteiger partial charge in [-0.25, -0.2) is 10.6 Å². The molecule has 0 amide bonds. The van der Waals surface area contributed by atoms with Crippen LogP contribution in [0.3, 0.4) is 0 Å². The fraction of sp³-hybridized carbons (Fsp3) is 0.265. The fourth-order valence-electron chi connectivity index (χ4n) is 3.22. The molecule has 0 heterocycles. The molecule has 0 saturated carbocycles. The van der Waals surface area contributed by atoms with Crippen molar-refractivity contribution in [3.63, 3.8) is 0 Å². The van der Waals surface area contributed by atoms with Crippen LogP contribution < -0.4 is 77.8 Å². The molecule has 0 aliphatic rings. The molecule has 0 bridgehead atoms. The van der Waals surface area contributed by atoms with Gasteiger partial charge in [0.05, 0.1) is 0 Å². The summed E-state index contributed by atoms with van der Waals surface area (Å²) in [6.07, 6.45) is 10.1. The first-order valence-electron chi connectivity index (χ1n) is 13.6. The van der Waals surface area contributed by atoms with Gasteiger partial charge in [0.15, 0.2) is 0 Å². The van der Waals surface area contributed by atoms with Crippen molar-refractivity contribution in [2.75, 3.05) is 24.6 Å². The van der Waals surface area contributed by atoms with E-state index in [1.807, 2.05) is 0 Å². The third-order valence-corrected chi connectivity index (χ3v) is 10.4. The second kappa shape index (κ2) is 31.8. The van der Waals surface area contributed by atoms with E-state index < -0.39 is 0 Å². The Morgan fingerprint density at radius 1 is 0.512 bits per heavy atom. The predicted octanol–water partition coefficient (Wildman–Crippen LogP) is -0.0630. The Morgan fingerprint density at radius 2 is 0.829 bits per heavy atom. The fourth-order valence-corrected chi connectivity index (χ4v) is 7.88. The van der Waals surface area contributed by atoms with Gasteiger partial charge in [-0.3, -0.25) is 0 Å². The number of unbranched alkanes of at least 4 members (excludes halogenated alkanes) is 1. The topological polar surface area (TPSA) is 0 Å². The molecule has 4 aromatic rings. The third-order valence-electron chi connectivity index (χ3n) is 5.33. The van der Waals surface area contributed by atoms with Crippen LogP contribution in [0.4, 0.5) is 0 Å². The molecule has 0 N–H and O–H groups in total. The van der Waals surface area contributed by atoms with Gasteiger partial charge in [0.1, 0.15) is 0 Å². The average molecular weight is 596 g/mol. The molecule has 0 fully saturated rings. The van der Waals surface area contributed by atoms with E-state index in [4.69, 9.17) is 0 Å². The number of hydrogen-bond acceptors (Lipinski definition) is 0. The van der Waals surface area contributed by atoms with E-state index in [1.165, 1.54) is 82.3 Å². The summed E-state index contributed by atoms with van der Waals surface area (Å²) in [4.78, 5) is 0. The number of rotatable bonds is 13. The van der Waals surface area contributed by atoms with Gasteiger partial charge in [-0.05, 0) is 29.4 Å². The zero-order valence-electron chi connectivity index (χ0n) is 25.8. The molecule has 0 spiro atoms. The van der Waals surface area contributed by atoms with Crippen molar-refractivity contribution in [3.8, 4) is 0 Å². The second-order valence-electron chi connectivity index (χ2n) is 8.58. The second-order valence-corrected chi connectivity index (χ2v) is 14.0. The maximum atomic E-state index is 3.60. The van der Waals surface area contributed by atoms with E-state index in [9.17, 15) is 0 Å². The molecule has 0 nitrogen and oxygen atoms in total. The molecule has 7 heteroatoms. The first kappa shape index (κ1) is 43.5. The van der Waals surface area contributed by atoms with Gasteiger partial charge < -0.3 is 24.1 Å². The van der Waals surface area contributed by atoms with Crippen molar-refractivity contribution >= 4 is 55.5 Å². The molecule has 4 aromatic carbocycles. The van der Waals surface area contributed by atoms with Gasteiger partial charge in [-0.15, -0.1) is 6.42 Å². The molecule has 2 unspecified atom stereocenters. The summed E-state index contributed by atoms with van der Waals surface area (Å²) in [6.45, 7) is 5.72. The van der Waals surface area contributed by atoms with Crippen LogP contribution in [0.15, 0.2) is 121 Å². The third kappa shape index (κ3) is 24.4. The molecule has 4 rings (SSSR count). The van der Waals surface area contributed by atoms with E-state index in [0.717, 1.165) is 23.6 Å². The molecule has 41 heavy (non-hydrogen) atoms. The van der Waals surface area contributed by atoms with E-state index in [2.05, 4.69) is 135 Å². The summed E-state index contributed by atoms with van der Waals surface area (Å²) < 4.78 is 0. The minimum absolute atomic E-state index is 0. The van der Waals surface area contributed by atoms with Crippen LogP contribution in [0.25, 0.3) is 0 Å². The van der Waals surface area contributed by atoms with Crippen LogP contribution >= 0.6 is 34.3 Å². The molecule has 2 atom stereocenters. The zero-order valence-corrected chi connectivity index (χ0v) is 29.6. The van der Waals surface area contributed by atoms with Crippen LogP contribution in [0.1, 0.15) is 32.6 Å². The van der Waals surface area contributed by atoms with Crippen molar-refractivity contribution in [1.82, 2.24) is 0 Å². The average Bonchev–Trinajstić information content (AvgIpc) is 2.99. The summed E-state index contributed by atoms with van der Waals surface area (Å²) in [7, 11) is 4.87. The maximum Gasteiger partial charge on any atom is 1.00 e. The quantitative estimate of drug-likeness (QED) is 0.0879. The van der Waals surface area contributed by atoms with Crippen molar-refractivity contribution in [1.29, 1.82) is 0 Å². The Labute approximate surface area is 295 Å².